The molecule has 0 spiro atoms. The average Bonchev–Trinajstić information content (AvgIpc) is 4.19. The minimum atomic E-state index is -2.35. The molecular formula is C64H60F8N2P4. The van der Waals surface area contributed by atoms with E-state index in [1.807, 2.05) is 104 Å². The first-order valence-electron chi connectivity index (χ1n) is 26.7. The molecule has 402 valence electrons. The highest BCUT2D eigenvalue weighted by Crippen LogP contribution is 2.80. The van der Waals surface area contributed by atoms with E-state index in [4.69, 9.17) is 0 Å². The van der Waals surface area contributed by atoms with Crippen LogP contribution in [0.15, 0.2) is 188 Å². The molecule has 10 rings (SSSR count). The lowest BCUT2D eigenvalue weighted by atomic mass is 9.86. The molecule has 0 N–H and O–H groups in total. The molecule has 2 aliphatic rings. The van der Waals surface area contributed by atoms with Gasteiger partial charge in [0.15, 0.2) is 23.3 Å². The number of hydrogen-bond donors (Lipinski definition) is 0. The molecule has 2 aliphatic heterocycles. The Bertz CT molecular complexity index is 3190. The summed E-state index contributed by atoms with van der Waals surface area (Å²) in [4.78, 5) is 0. The summed E-state index contributed by atoms with van der Waals surface area (Å²) in [5.74, 6) is -8.21. The van der Waals surface area contributed by atoms with Gasteiger partial charge in [0.05, 0.1) is 0 Å². The highest BCUT2D eigenvalue weighted by atomic mass is 31.2. The zero-order chi connectivity index (χ0) is 54.5. The first-order valence-corrected chi connectivity index (χ1v) is 32.2. The molecular weight excluding hydrogens is 1070 g/mol. The Kier molecular flexibility index (Phi) is 18.4. The number of nitrogens with zero attached hydrogens (tertiary/aromatic N) is 2. The zero-order valence-corrected chi connectivity index (χ0v) is 46.9. The number of unbranched alkanes of at least 4 members (excludes halogenated alkanes) is 2. The van der Waals surface area contributed by atoms with Gasteiger partial charge in [0, 0.05) is 73.1 Å². The normalized spacial score (nSPS) is 20.1. The summed E-state index contributed by atoms with van der Waals surface area (Å²) in [6.45, 7) is 4.74. The molecule has 7 atom stereocenters. The van der Waals surface area contributed by atoms with Gasteiger partial charge in [0.1, 0.15) is 23.3 Å². The zero-order valence-electron chi connectivity index (χ0n) is 43.4. The van der Waals surface area contributed by atoms with E-state index in [0.717, 1.165) is 84.0 Å². The molecule has 0 aromatic heterocycles. The second-order valence-electron chi connectivity index (χ2n) is 19.9. The molecule has 2 nitrogen and oxygen atoms in total. The van der Waals surface area contributed by atoms with E-state index in [1.165, 1.54) is 12.1 Å². The fraction of sp³-hybridized carbons (Fsp3) is 0.250. The summed E-state index contributed by atoms with van der Waals surface area (Å²) in [5, 5.41) is -0.303. The van der Waals surface area contributed by atoms with E-state index in [0.29, 0.717) is 25.8 Å². The Hall–Kier alpha value is -5.16. The van der Waals surface area contributed by atoms with Crippen molar-refractivity contribution in [3.8, 4) is 0 Å². The monoisotopic (exact) mass is 1130 g/mol. The lowest BCUT2D eigenvalue weighted by Crippen LogP contribution is -2.32. The molecule has 8 aromatic rings. The molecule has 14 heteroatoms. The smallest absolute Gasteiger partial charge is 0.168 e. The van der Waals surface area contributed by atoms with Crippen LogP contribution in [0.25, 0.3) is 0 Å². The Morgan fingerprint density at radius 3 is 1.36 bits per heavy atom. The Morgan fingerprint density at radius 2 is 0.859 bits per heavy atom. The minimum absolute atomic E-state index is 0.0146. The molecule has 78 heavy (non-hydrogen) atoms. The van der Waals surface area contributed by atoms with E-state index >= 15 is 35.1 Å². The lowest BCUT2D eigenvalue weighted by Gasteiger charge is -2.43. The van der Waals surface area contributed by atoms with Gasteiger partial charge in [-0.05, 0) is 137 Å². The molecule has 2 heterocycles. The van der Waals surface area contributed by atoms with Crippen LogP contribution in [0.3, 0.4) is 0 Å². The van der Waals surface area contributed by atoms with Gasteiger partial charge in [-0.15, -0.1) is 0 Å². The van der Waals surface area contributed by atoms with Crippen LogP contribution in [0.4, 0.5) is 35.1 Å². The van der Waals surface area contributed by atoms with Gasteiger partial charge >= 0.3 is 0 Å². The third-order valence-corrected chi connectivity index (χ3v) is 28.1. The van der Waals surface area contributed by atoms with Crippen molar-refractivity contribution in [3.05, 3.63) is 262 Å². The Balaban J connectivity index is 1.18. The van der Waals surface area contributed by atoms with Crippen LogP contribution in [0.5, 0.6) is 0 Å². The van der Waals surface area contributed by atoms with Gasteiger partial charge in [0.25, 0.3) is 0 Å². The van der Waals surface area contributed by atoms with Crippen LogP contribution in [0.2, 0.25) is 0 Å². The van der Waals surface area contributed by atoms with Gasteiger partial charge in [-0.3, -0.25) is 8.88 Å². The van der Waals surface area contributed by atoms with E-state index in [-0.39, 0.29) is 51.1 Å². The van der Waals surface area contributed by atoms with Crippen molar-refractivity contribution in [1.29, 1.82) is 0 Å². The predicted molar refractivity (Wildman–Crippen MR) is 308 cm³/mol. The third kappa shape index (κ3) is 11.6. The van der Waals surface area contributed by atoms with Gasteiger partial charge in [-0.1, -0.05) is 160 Å². The first kappa shape index (κ1) is 56.1. The van der Waals surface area contributed by atoms with Crippen molar-refractivity contribution in [1.82, 2.24) is 8.88 Å². The van der Waals surface area contributed by atoms with Crippen LogP contribution in [-0.2, 0) is 0 Å². The van der Waals surface area contributed by atoms with E-state index in [9.17, 15) is 0 Å². The fourth-order valence-electron chi connectivity index (χ4n) is 11.5. The van der Waals surface area contributed by atoms with E-state index in [1.54, 1.807) is 12.1 Å². The minimum Gasteiger partial charge on any atom is -0.251 e. The first-order chi connectivity index (χ1) is 38.0. The summed E-state index contributed by atoms with van der Waals surface area (Å²) in [6.07, 6.45) is 4.54. The van der Waals surface area contributed by atoms with Crippen molar-refractivity contribution >= 4 is 53.5 Å². The van der Waals surface area contributed by atoms with E-state index < -0.39 is 96.1 Å². The predicted octanol–water partition coefficient (Wildman–Crippen LogP) is 18.4. The molecule has 2 fully saturated rings. The number of hydrogen-bond acceptors (Lipinski definition) is 2. The van der Waals surface area contributed by atoms with Gasteiger partial charge in [-0.25, -0.2) is 35.1 Å². The standard InChI is InChI=1S/C64H60F8N2P4/c1-3-5-38-73(75-54(43-20-11-7-12-21-43)36-37-55(75)44-22-13-8-14-23-44)76(56-29-19-28-53(69)62(56)71)57-35-32-49(61(70)63(57)72)50-42-58(45-24-15-9-16-25-45)78(64(50)46-26-17-10-18-27-46)74(39-6-4-2)77(59-40-47(65)30-33-51(59)67)60-41-48(66)31-34-52(60)68/h7-35,40-41,50,54-55,58,64H,3-6,36-39,42H2,1-2H3/t50?,54-,55-,58-,64+,76?,78?/m0/s1. The summed E-state index contributed by atoms with van der Waals surface area (Å²) in [6, 6.07) is 52.8. The van der Waals surface area contributed by atoms with Crippen molar-refractivity contribution in [2.75, 3.05) is 13.1 Å². The molecule has 0 aliphatic carbocycles. The summed E-state index contributed by atoms with van der Waals surface area (Å²) in [7, 11) is -7.68. The largest absolute Gasteiger partial charge is 0.251 e. The Morgan fingerprint density at radius 1 is 0.410 bits per heavy atom. The average molecular weight is 1130 g/mol. The number of halogens is 8. The van der Waals surface area contributed by atoms with Crippen LogP contribution >= 0.6 is 32.3 Å². The molecule has 8 aromatic carbocycles. The van der Waals surface area contributed by atoms with Gasteiger partial charge in [0.2, 0.25) is 0 Å². The van der Waals surface area contributed by atoms with E-state index in [2.05, 4.69) is 40.1 Å². The molecule has 0 amide bonds. The maximum absolute atomic E-state index is 18.4. The van der Waals surface area contributed by atoms with Crippen LogP contribution in [-0.4, -0.2) is 22.0 Å². The van der Waals surface area contributed by atoms with Crippen molar-refractivity contribution in [2.24, 2.45) is 0 Å². The summed E-state index contributed by atoms with van der Waals surface area (Å²) < 4.78 is 138. The highest BCUT2D eigenvalue weighted by molar-refractivity contribution is 7.80. The fourth-order valence-corrected chi connectivity index (χ4v) is 26.7. The number of benzene rings is 8. The highest BCUT2D eigenvalue weighted by Gasteiger charge is 2.52. The molecule has 0 bridgehead atoms. The molecule has 0 saturated carbocycles. The second kappa shape index (κ2) is 25.5. The Labute approximate surface area is 458 Å². The summed E-state index contributed by atoms with van der Waals surface area (Å²) in [5.41, 5.74) is 2.87. The van der Waals surface area contributed by atoms with Crippen molar-refractivity contribution in [3.63, 3.8) is 0 Å². The topological polar surface area (TPSA) is 6.48 Å². The third-order valence-electron chi connectivity index (χ3n) is 15.1. The van der Waals surface area contributed by atoms with Gasteiger partial charge in [-0.2, -0.15) is 0 Å². The second-order valence-corrected chi connectivity index (χ2v) is 29.6. The maximum Gasteiger partial charge on any atom is 0.168 e. The molecule has 2 saturated heterocycles. The summed E-state index contributed by atoms with van der Waals surface area (Å²) >= 11 is 0. The van der Waals surface area contributed by atoms with Crippen LogP contribution in [0.1, 0.15) is 115 Å². The molecule has 0 radical (unpaired) electrons. The van der Waals surface area contributed by atoms with Crippen molar-refractivity contribution < 1.29 is 35.1 Å². The van der Waals surface area contributed by atoms with Crippen LogP contribution < -0.4 is 21.2 Å². The van der Waals surface area contributed by atoms with Crippen LogP contribution in [0, 0.1) is 46.5 Å². The van der Waals surface area contributed by atoms with Gasteiger partial charge < -0.3 is 0 Å². The lowest BCUT2D eigenvalue weighted by molar-refractivity contribution is 0.486. The number of rotatable bonds is 19. The van der Waals surface area contributed by atoms with Crippen molar-refractivity contribution in [2.45, 2.75) is 87.3 Å². The maximum atomic E-state index is 18.4. The SMILES string of the molecule is CCCCN(P(c1cc(F)ccc1F)c1cc(F)ccc1F)P1[C@H](c2ccccc2)C(c2ccc(P(c3cccc(F)c3F)N(CCCC)P3[C@H](c4ccccc4)CC[C@H]3c3ccccc3)c(F)c2F)C[C@H]1c1ccccc1. The quantitative estimate of drug-likeness (QED) is 0.0588. The molecule has 3 unspecified atom stereocenters.